The van der Waals surface area contributed by atoms with Crippen LogP contribution in [0.1, 0.15) is 31.7 Å². The fourth-order valence-corrected chi connectivity index (χ4v) is 4.11. The topological polar surface area (TPSA) is 73.6 Å². The van der Waals surface area contributed by atoms with E-state index >= 15 is 0 Å². The quantitative estimate of drug-likeness (QED) is 0.590. The molecule has 1 aliphatic rings. The second-order valence-corrected chi connectivity index (χ2v) is 7.97. The molecule has 158 valence electrons. The molecule has 0 atom stereocenters. The van der Waals surface area contributed by atoms with Gasteiger partial charge in [0, 0.05) is 13.1 Å². The van der Waals surface area contributed by atoms with E-state index in [1.807, 2.05) is 36.4 Å². The van der Waals surface area contributed by atoms with Crippen molar-refractivity contribution in [3.63, 3.8) is 0 Å². The molecule has 2 N–H and O–H groups in total. The highest BCUT2D eigenvalue weighted by Crippen LogP contribution is 2.31. The van der Waals surface area contributed by atoms with Crippen LogP contribution in [-0.4, -0.2) is 28.2 Å². The summed E-state index contributed by atoms with van der Waals surface area (Å²) in [6.07, 6.45) is 3.37. The third kappa shape index (κ3) is 4.37. The fourth-order valence-electron chi connectivity index (χ4n) is 4.11. The molecule has 1 aliphatic heterocycles. The Morgan fingerprint density at radius 3 is 2.32 bits per heavy atom. The highest BCUT2D eigenvalue weighted by atomic mass is 16.3. The maximum Gasteiger partial charge on any atom is 0.260 e. The zero-order valence-electron chi connectivity index (χ0n) is 17.6. The standard InChI is InChI=1S/C25H26N4O2/c1-3-17-12-14-29(15-13-17)25-27-23(20-8-10-21(26-2)11-9-20)22(24(31)28-25)19-6-4-18(16-30)5-7-19/h4-11,17,30H,3,12-16H2,1H3,(H,27,28,31). The third-order valence-corrected chi connectivity index (χ3v) is 6.09. The minimum Gasteiger partial charge on any atom is -0.392 e. The van der Waals surface area contributed by atoms with E-state index in [4.69, 9.17) is 11.6 Å². The minimum absolute atomic E-state index is 0.0491. The second kappa shape index (κ2) is 9.15. The van der Waals surface area contributed by atoms with Gasteiger partial charge in [0.25, 0.3) is 5.56 Å². The number of hydrogen-bond donors (Lipinski definition) is 2. The molecule has 2 aromatic carbocycles. The van der Waals surface area contributed by atoms with Gasteiger partial charge in [0.2, 0.25) is 5.95 Å². The molecule has 0 bridgehead atoms. The number of H-pyrrole nitrogens is 1. The average Bonchev–Trinajstić information content (AvgIpc) is 2.84. The highest BCUT2D eigenvalue weighted by molar-refractivity contribution is 5.81. The first-order chi connectivity index (χ1) is 15.1. The summed E-state index contributed by atoms with van der Waals surface area (Å²) in [4.78, 5) is 26.8. The van der Waals surface area contributed by atoms with Crippen LogP contribution in [0.4, 0.5) is 11.6 Å². The van der Waals surface area contributed by atoms with Crippen LogP contribution in [-0.2, 0) is 6.61 Å². The average molecular weight is 415 g/mol. The molecule has 31 heavy (non-hydrogen) atoms. The van der Waals surface area contributed by atoms with Crippen molar-refractivity contribution in [2.45, 2.75) is 32.8 Å². The Bertz CT molecular complexity index is 1140. The number of aliphatic hydroxyl groups excluding tert-OH is 1. The van der Waals surface area contributed by atoms with Crippen molar-refractivity contribution >= 4 is 11.6 Å². The molecule has 6 heteroatoms. The predicted octanol–water partition coefficient (Wildman–Crippen LogP) is 4.77. The van der Waals surface area contributed by atoms with E-state index < -0.39 is 0 Å². The molecule has 3 aromatic rings. The van der Waals surface area contributed by atoms with Gasteiger partial charge in [-0.05, 0) is 35.4 Å². The highest BCUT2D eigenvalue weighted by Gasteiger charge is 2.22. The monoisotopic (exact) mass is 414 g/mol. The van der Waals surface area contributed by atoms with Crippen molar-refractivity contribution < 1.29 is 5.11 Å². The number of anilines is 1. The molecular formula is C25H26N4O2. The van der Waals surface area contributed by atoms with Crippen LogP contribution >= 0.6 is 0 Å². The van der Waals surface area contributed by atoms with E-state index in [1.165, 1.54) is 6.42 Å². The summed E-state index contributed by atoms with van der Waals surface area (Å²) in [6, 6.07) is 14.5. The van der Waals surface area contributed by atoms with E-state index in [2.05, 4.69) is 21.7 Å². The zero-order valence-corrected chi connectivity index (χ0v) is 17.6. The number of benzene rings is 2. The number of piperidine rings is 1. The maximum absolute atomic E-state index is 13.3. The lowest BCUT2D eigenvalue weighted by molar-refractivity contribution is 0.282. The van der Waals surface area contributed by atoms with Crippen LogP contribution in [0, 0.1) is 12.5 Å². The van der Waals surface area contributed by atoms with Gasteiger partial charge in [0.15, 0.2) is 5.69 Å². The molecule has 1 aromatic heterocycles. The van der Waals surface area contributed by atoms with Crippen LogP contribution in [0.5, 0.6) is 0 Å². The maximum atomic E-state index is 13.3. The molecule has 4 rings (SSSR count). The molecule has 1 fully saturated rings. The van der Waals surface area contributed by atoms with Crippen molar-refractivity contribution in [3.8, 4) is 22.4 Å². The summed E-state index contributed by atoms with van der Waals surface area (Å²) < 4.78 is 0. The molecule has 0 amide bonds. The van der Waals surface area contributed by atoms with E-state index in [1.54, 1.807) is 12.1 Å². The first-order valence-corrected chi connectivity index (χ1v) is 10.7. The molecular weight excluding hydrogens is 388 g/mol. The second-order valence-electron chi connectivity index (χ2n) is 7.97. The molecule has 1 saturated heterocycles. The Balaban J connectivity index is 1.81. The summed E-state index contributed by atoms with van der Waals surface area (Å²) in [6.45, 7) is 11.1. The Kier molecular flexibility index (Phi) is 6.15. The SMILES string of the molecule is [C-]#[N+]c1ccc(-c2nc(N3CCC(CC)CC3)[nH]c(=O)c2-c2ccc(CO)cc2)cc1. The van der Waals surface area contributed by atoms with Gasteiger partial charge in [0.1, 0.15) is 0 Å². The lowest BCUT2D eigenvalue weighted by Crippen LogP contribution is -2.36. The Morgan fingerprint density at radius 1 is 1.10 bits per heavy atom. The van der Waals surface area contributed by atoms with Gasteiger partial charge < -0.3 is 10.0 Å². The van der Waals surface area contributed by atoms with Gasteiger partial charge in [-0.2, -0.15) is 0 Å². The smallest absolute Gasteiger partial charge is 0.260 e. The number of aliphatic hydroxyl groups is 1. The minimum atomic E-state index is -0.191. The molecule has 0 aliphatic carbocycles. The van der Waals surface area contributed by atoms with Crippen molar-refractivity contribution in [2.24, 2.45) is 5.92 Å². The summed E-state index contributed by atoms with van der Waals surface area (Å²) in [5, 5.41) is 9.34. The Labute approximate surface area is 182 Å². The third-order valence-electron chi connectivity index (χ3n) is 6.09. The van der Waals surface area contributed by atoms with Gasteiger partial charge in [-0.3, -0.25) is 9.78 Å². The molecule has 6 nitrogen and oxygen atoms in total. The molecule has 0 radical (unpaired) electrons. The number of nitrogens with one attached hydrogen (secondary N) is 1. The summed E-state index contributed by atoms with van der Waals surface area (Å²) in [5.41, 5.74) is 3.77. The van der Waals surface area contributed by atoms with Crippen LogP contribution in [0.2, 0.25) is 0 Å². The van der Waals surface area contributed by atoms with Crippen LogP contribution in [0.15, 0.2) is 53.3 Å². The molecule has 0 saturated carbocycles. The summed E-state index contributed by atoms with van der Waals surface area (Å²) in [5.74, 6) is 1.33. The molecule has 0 unspecified atom stereocenters. The number of aromatic nitrogens is 2. The van der Waals surface area contributed by atoms with Crippen molar-refractivity contribution in [2.75, 3.05) is 18.0 Å². The van der Waals surface area contributed by atoms with Gasteiger partial charge in [0.05, 0.1) is 24.4 Å². The van der Waals surface area contributed by atoms with Crippen LogP contribution in [0.25, 0.3) is 27.2 Å². The summed E-state index contributed by atoms with van der Waals surface area (Å²) >= 11 is 0. The van der Waals surface area contributed by atoms with Gasteiger partial charge in [-0.1, -0.05) is 61.9 Å². The first-order valence-electron chi connectivity index (χ1n) is 10.7. The number of nitrogens with zero attached hydrogens (tertiary/aromatic N) is 3. The first kappa shape index (κ1) is 20.8. The predicted molar refractivity (Wildman–Crippen MR) is 123 cm³/mol. The lowest BCUT2D eigenvalue weighted by atomic mass is 9.94. The normalized spacial score (nSPS) is 14.4. The van der Waals surface area contributed by atoms with Crippen LogP contribution in [0.3, 0.4) is 0 Å². The zero-order chi connectivity index (χ0) is 21.8. The van der Waals surface area contributed by atoms with E-state index in [9.17, 15) is 9.90 Å². The van der Waals surface area contributed by atoms with E-state index in [-0.39, 0.29) is 12.2 Å². The fraction of sp³-hybridized carbons (Fsp3) is 0.320. The van der Waals surface area contributed by atoms with Crippen molar-refractivity contribution in [1.82, 2.24) is 9.97 Å². The number of aromatic amines is 1. The Hall–Kier alpha value is -3.43. The number of hydrogen-bond acceptors (Lipinski definition) is 4. The van der Waals surface area contributed by atoms with Gasteiger partial charge >= 0.3 is 0 Å². The molecule has 0 spiro atoms. The lowest BCUT2D eigenvalue weighted by Gasteiger charge is -2.32. The molecule has 2 heterocycles. The van der Waals surface area contributed by atoms with Crippen molar-refractivity contribution in [3.05, 3.63) is 75.9 Å². The number of rotatable bonds is 5. The van der Waals surface area contributed by atoms with Crippen molar-refractivity contribution in [1.29, 1.82) is 0 Å². The Morgan fingerprint density at radius 2 is 1.74 bits per heavy atom. The van der Waals surface area contributed by atoms with Crippen LogP contribution < -0.4 is 10.5 Å². The van der Waals surface area contributed by atoms with Gasteiger partial charge in [-0.15, -0.1) is 0 Å². The summed E-state index contributed by atoms with van der Waals surface area (Å²) in [7, 11) is 0. The largest absolute Gasteiger partial charge is 0.392 e. The van der Waals surface area contributed by atoms with E-state index in [0.29, 0.717) is 22.9 Å². The van der Waals surface area contributed by atoms with Gasteiger partial charge in [-0.25, -0.2) is 9.83 Å². The van der Waals surface area contributed by atoms with E-state index in [0.717, 1.165) is 48.5 Å².